The molecule has 0 amide bonds. The van der Waals surface area contributed by atoms with Gasteiger partial charge in [-0.3, -0.25) is 0 Å². The molecule has 1 aliphatic carbocycles. The van der Waals surface area contributed by atoms with Crippen molar-refractivity contribution in [1.82, 2.24) is 4.72 Å². The smallest absolute Gasteiger partial charge is 0.212 e. The fraction of sp³-hybridized carbons (Fsp3) is 0.833. The summed E-state index contributed by atoms with van der Waals surface area (Å²) in [6, 6.07) is 0. The second-order valence-electron chi connectivity index (χ2n) is 5.01. The Balaban J connectivity index is 2.77. The average Bonchev–Trinajstić information content (AvgIpc) is 2.29. The molecule has 3 N–H and O–H groups in total. The molecule has 4 nitrogen and oxygen atoms in total. The van der Waals surface area contributed by atoms with Crippen LogP contribution in [0, 0.1) is 5.92 Å². The molecule has 0 saturated heterocycles. The van der Waals surface area contributed by atoms with Gasteiger partial charge in [-0.1, -0.05) is 25.8 Å². The van der Waals surface area contributed by atoms with Crippen LogP contribution in [0.4, 0.5) is 0 Å². The van der Waals surface area contributed by atoms with Crippen LogP contribution in [0.2, 0.25) is 0 Å². The molecule has 2 atom stereocenters. The normalized spacial score (nSPS) is 30.1. The van der Waals surface area contributed by atoms with Gasteiger partial charge in [-0.05, 0) is 25.2 Å². The SMILES string of the molecule is C=CCCS(=O)(=O)NC1(CN)CCCCC1C. The third-order valence-electron chi connectivity index (χ3n) is 3.77. The minimum Gasteiger partial charge on any atom is -0.329 e. The van der Waals surface area contributed by atoms with E-state index < -0.39 is 15.6 Å². The molecule has 0 heterocycles. The number of hydrogen-bond donors (Lipinski definition) is 2. The highest BCUT2D eigenvalue weighted by atomic mass is 32.2. The van der Waals surface area contributed by atoms with Crippen LogP contribution >= 0.6 is 0 Å². The van der Waals surface area contributed by atoms with E-state index in [1.807, 2.05) is 0 Å². The third kappa shape index (κ3) is 3.79. The van der Waals surface area contributed by atoms with Gasteiger partial charge < -0.3 is 5.73 Å². The number of rotatable bonds is 6. The van der Waals surface area contributed by atoms with E-state index in [9.17, 15) is 8.42 Å². The van der Waals surface area contributed by atoms with Crippen molar-refractivity contribution in [3.05, 3.63) is 12.7 Å². The zero-order chi connectivity index (χ0) is 12.9. The van der Waals surface area contributed by atoms with Crippen LogP contribution in [0.25, 0.3) is 0 Å². The predicted molar refractivity (Wildman–Crippen MR) is 71.2 cm³/mol. The standard InChI is InChI=1S/C12H24N2O2S/c1-3-4-9-17(15,16)14-12(10-13)8-6-5-7-11(12)2/h3,11,14H,1,4-10,13H2,2H3. The molecular formula is C12H24N2O2S. The van der Waals surface area contributed by atoms with E-state index in [-0.39, 0.29) is 5.75 Å². The van der Waals surface area contributed by atoms with Gasteiger partial charge in [0, 0.05) is 12.1 Å². The third-order valence-corrected chi connectivity index (χ3v) is 5.26. The van der Waals surface area contributed by atoms with E-state index in [1.54, 1.807) is 6.08 Å². The summed E-state index contributed by atoms with van der Waals surface area (Å²) in [7, 11) is -3.25. The molecular weight excluding hydrogens is 236 g/mol. The summed E-state index contributed by atoms with van der Waals surface area (Å²) in [4.78, 5) is 0. The van der Waals surface area contributed by atoms with E-state index in [0.717, 1.165) is 25.7 Å². The largest absolute Gasteiger partial charge is 0.329 e. The highest BCUT2D eigenvalue weighted by Crippen LogP contribution is 2.33. The molecule has 0 aliphatic heterocycles. The summed E-state index contributed by atoms with van der Waals surface area (Å²) in [5.74, 6) is 0.407. The lowest BCUT2D eigenvalue weighted by Gasteiger charge is -2.42. The number of hydrogen-bond acceptors (Lipinski definition) is 3. The van der Waals surface area contributed by atoms with Crippen LogP contribution in [0.1, 0.15) is 39.0 Å². The second-order valence-corrected chi connectivity index (χ2v) is 6.85. The maximum absolute atomic E-state index is 12.0. The number of allylic oxidation sites excluding steroid dienone is 1. The molecule has 0 spiro atoms. The van der Waals surface area contributed by atoms with Crippen LogP contribution < -0.4 is 10.5 Å². The van der Waals surface area contributed by atoms with Crippen LogP contribution in [0.15, 0.2) is 12.7 Å². The molecule has 1 fully saturated rings. The van der Waals surface area contributed by atoms with Gasteiger partial charge in [0.1, 0.15) is 0 Å². The van der Waals surface area contributed by atoms with Crippen LogP contribution in [0.5, 0.6) is 0 Å². The maximum atomic E-state index is 12.0. The van der Waals surface area contributed by atoms with E-state index in [1.165, 1.54) is 0 Å². The average molecular weight is 260 g/mol. The Morgan fingerprint density at radius 2 is 2.24 bits per heavy atom. The van der Waals surface area contributed by atoms with Crippen molar-refractivity contribution >= 4 is 10.0 Å². The molecule has 0 bridgehead atoms. The molecule has 0 aromatic carbocycles. The summed E-state index contributed by atoms with van der Waals surface area (Å²) in [5, 5.41) is 0. The highest BCUT2D eigenvalue weighted by molar-refractivity contribution is 7.89. The van der Waals surface area contributed by atoms with E-state index in [4.69, 9.17) is 5.73 Å². The van der Waals surface area contributed by atoms with Gasteiger partial charge in [-0.15, -0.1) is 6.58 Å². The lowest BCUT2D eigenvalue weighted by atomic mass is 9.74. The van der Waals surface area contributed by atoms with E-state index in [2.05, 4.69) is 18.2 Å². The number of sulfonamides is 1. The molecule has 1 saturated carbocycles. The number of nitrogens with one attached hydrogen (secondary N) is 1. The summed E-state index contributed by atoms with van der Waals surface area (Å²) in [6.07, 6.45) is 6.20. The fourth-order valence-corrected chi connectivity index (χ4v) is 4.09. The molecule has 2 unspecified atom stereocenters. The summed E-state index contributed by atoms with van der Waals surface area (Å²) in [5.41, 5.74) is 5.39. The Labute approximate surface area is 105 Å². The van der Waals surface area contributed by atoms with Gasteiger partial charge >= 0.3 is 0 Å². The minimum atomic E-state index is -3.25. The van der Waals surface area contributed by atoms with Crippen molar-refractivity contribution < 1.29 is 8.42 Å². The maximum Gasteiger partial charge on any atom is 0.212 e. The zero-order valence-electron chi connectivity index (χ0n) is 10.6. The summed E-state index contributed by atoms with van der Waals surface area (Å²) >= 11 is 0. The Kier molecular flexibility index (Phi) is 5.16. The molecule has 0 radical (unpaired) electrons. The summed E-state index contributed by atoms with van der Waals surface area (Å²) in [6.45, 7) is 6.01. The van der Waals surface area contributed by atoms with Gasteiger partial charge in [0.25, 0.3) is 0 Å². The molecule has 0 aromatic rings. The van der Waals surface area contributed by atoms with Crippen molar-refractivity contribution in [3.63, 3.8) is 0 Å². The topological polar surface area (TPSA) is 72.2 Å². The van der Waals surface area contributed by atoms with Crippen molar-refractivity contribution in [2.45, 2.75) is 44.6 Å². The van der Waals surface area contributed by atoms with Crippen molar-refractivity contribution in [1.29, 1.82) is 0 Å². The first-order valence-electron chi connectivity index (χ1n) is 6.28. The zero-order valence-corrected chi connectivity index (χ0v) is 11.4. The predicted octanol–water partition coefficient (Wildman–Crippen LogP) is 1.39. The van der Waals surface area contributed by atoms with Crippen molar-refractivity contribution in [2.75, 3.05) is 12.3 Å². The van der Waals surface area contributed by atoms with E-state index in [0.29, 0.717) is 18.9 Å². The number of nitrogens with two attached hydrogens (primary N) is 1. The highest BCUT2D eigenvalue weighted by Gasteiger charge is 2.39. The molecule has 1 rings (SSSR count). The van der Waals surface area contributed by atoms with Crippen molar-refractivity contribution in [2.24, 2.45) is 11.7 Å². The molecule has 0 aromatic heterocycles. The monoisotopic (exact) mass is 260 g/mol. The lowest BCUT2D eigenvalue weighted by molar-refractivity contribution is 0.191. The first-order chi connectivity index (χ1) is 7.96. The molecule has 17 heavy (non-hydrogen) atoms. The summed E-state index contributed by atoms with van der Waals surface area (Å²) < 4.78 is 26.7. The van der Waals surface area contributed by atoms with Gasteiger partial charge in [0.15, 0.2) is 0 Å². The quantitative estimate of drug-likeness (QED) is 0.709. The van der Waals surface area contributed by atoms with Gasteiger partial charge in [-0.25, -0.2) is 13.1 Å². The second kappa shape index (κ2) is 5.98. The van der Waals surface area contributed by atoms with Gasteiger partial charge in [0.05, 0.1) is 5.75 Å². The van der Waals surface area contributed by atoms with Gasteiger partial charge in [-0.2, -0.15) is 0 Å². The molecule has 5 heteroatoms. The first kappa shape index (κ1) is 14.7. The van der Waals surface area contributed by atoms with Crippen LogP contribution in [-0.4, -0.2) is 26.3 Å². The Hall–Kier alpha value is -0.390. The Morgan fingerprint density at radius 3 is 2.76 bits per heavy atom. The fourth-order valence-electron chi connectivity index (χ4n) is 2.51. The molecule has 1 aliphatic rings. The van der Waals surface area contributed by atoms with Crippen molar-refractivity contribution in [3.8, 4) is 0 Å². The Bertz CT molecular complexity index is 354. The molecule has 100 valence electrons. The first-order valence-corrected chi connectivity index (χ1v) is 7.93. The van der Waals surface area contributed by atoms with Crippen LogP contribution in [0.3, 0.4) is 0 Å². The minimum absolute atomic E-state index is 0.102. The Morgan fingerprint density at radius 1 is 1.53 bits per heavy atom. The van der Waals surface area contributed by atoms with Gasteiger partial charge in [0.2, 0.25) is 10.0 Å². The lowest BCUT2D eigenvalue weighted by Crippen LogP contribution is -2.59. The van der Waals surface area contributed by atoms with E-state index >= 15 is 0 Å². The van der Waals surface area contributed by atoms with Crippen LogP contribution in [-0.2, 0) is 10.0 Å².